The Kier molecular flexibility index (Phi) is 4.79. The first-order valence-corrected chi connectivity index (χ1v) is 12.1. The van der Waals surface area contributed by atoms with Gasteiger partial charge in [0.05, 0.1) is 31.2 Å². The lowest BCUT2D eigenvalue weighted by Gasteiger charge is -2.12. The maximum atomic E-state index is 11.0. The van der Waals surface area contributed by atoms with Crippen LogP contribution in [0.15, 0.2) is 36.4 Å². The number of thiazole rings is 1. The van der Waals surface area contributed by atoms with Gasteiger partial charge in [0.2, 0.25) is 5.70 Å². The highest BCUT2D eigenvalue weighted by atomic mass is 32.1. The van der Waals surface area contributed by atoms with Gasteiger partial charge in [-0.3, -0.25) is 4.79 Å². The van der Waals surface area contributed by atoms with Crippen LogP contribution in [0, 0.1) is 6.57 Å². The molecule has 9 heteroatoms. The van der Waals surface area contributed by atoms with Gasteiger partial charge in [0, 0.05) is 21.3 Å². The van der Waals surface area contributed by atoms with Crippen molar-refractivity contribution in [3.05, 3.63) is 57.7 Å². The fraction of sp³-hybridized carbons (Fsp3) is 0.0952. The molecule has 0 saturated carbocycles. The molecule has 0 saturated heterocycles. The molecular weight excluding hydrogens is 455 g/mol. The zero-order valence-electron chi connectivity index (χ0n) is 15.6. The molecule has 4 aromatic heterocycles. The van der Waals surface area contributed by atoms with Crippen molar-refractivity contribution in [1.82, 2.24) is 4.98 Å². The Bertz CT molecular complexity index is 1460. The van der Waals surface area contributed by atoms with Gasteiger partial charge in [0.25, 0.3) is 0 Å². The number of anilines is 1. The number of likely N-dealkylation sites (N-methyl/N-ethyl adjacent to an activating group) is 1. The zero-order valence-corrected chi connectivity index (χ0v) is 18.8. The minimum absolute atomic E-state index is 0.0219. The van der Waals surface area contributed by atoms with Crippen LogP contribution in [0.2, 0.25) is 0 Å². The van der Waals surface area contributed by atoms with E-state index in [4.69, 9.17) is 11.7 Å². The van der Waals surface area contributed by atoms with Crippen molar-refractivity contribution >= 4 is 97.1 Å². The normalized spacial score (nSPS) is 12.1. The average molecular weight is 468 g/mol. The minimum Gasteiger partial charge on any atom is -0.480 e. The van der Waals surface area contributed by atoms with Crippen molar-refractivity contribution in [3.8, 4) is 0 Å². The van der Waals surface area contributed by atoms with E-state index >= 15 is 0 Å². The van der Waals surface area contributed by atoms with Gasteiger partial charge >= 0.3 is 5.97 Å². The van der Waals surface area contributed by atoms with Gasteiger partial charge < -0.3 is 10.0 Å². The van der Waals surface area contributed by atoms with Crippen molar-refractivity contribution in [2.24, 2.45) is 0 Å². The Morgan fingerprint density at radius 1 is 1.13 bits per heavy atom. The average Bonchev–Trinajstić information content (AvgIpc) is 3.45. The molecule has 0 unspecified atom stereocenters. The van der Waals surface area contributed by atoms with E-state index < -0.39 is 5.97 Å². The zero-order chi connectivity index (χ0) is 20.8. The first kappa shape index (κ1) is 19.2. The van der Waals surface area contributed by atoms with Gasteiger partial charge in [0.15, 0.2) is 0 Å². The topological polar surface area (TPSA) is 57.8 Å². The number of aliphatic carboxylic acids is 1. The van der Waals surface area contributed by atoms with Crippen LogP contribution in [0.1, 0.15) is 9.88 Å². The lowest BCUT2D eigenvalue weighted by atomic mass is 10.3. The van der Waals surface area contributed by atoms with Crippen molar-refractivity contribution < 1.29 is 9.90 Å². The van der Waals surface area contributed by atoms with E-state index in [2.05, 4.69) is 22.0 Å². The van der Waals surface area contributed by atoms with Gasteiger partial charge in [0.1, 0.15) is 11.6 Å². The number of thiophene rings is 3. The lowest BCUT2D eigenvalue weighted by Crippen LogP contribution is -2.24. The molecule has 0 aliphatic heterocycles. The first-order chi connectivity index (χ1) is 14.5. The van der Waals surface area contributed by atoms with Crippen LogP contribution in [-0.2, 0) is 4.79 Å². The molecular formula is C21H13N3O2S4. The van der Waals surface area contributed by atoms with Crippen LogP contribution in [0.3, 0.4) is 0 Å². The number of carbonyl (C=O) groups is 1. The van der Waals surface area contributed by atoms with Crippen LogP contribution in [0.25, 0.3) is 45.6 Å². The molecule has 0 atom stereocenters. The molecule has 0 spiro atoms. The predicted molar refractivity (Wildman–Crippen MR) is 130 cm³/mol. The second-order valence-corrected chi connectivity index (χ2v) is 10.8. The second-order valence-electron chi connectivity index (χ2n) is 6.60. The number of rotatable bonds is 5. The molecule has 4 heterocycles. The summed E-state index contributed by atoms with van der Waals surface area (Å²) in [5.41, 5.74) is 1.46. The predicted octanol–water partition coefficient (Wildman–Crippen LogP) is 6.73. The third-order valence-corrected chi connectivity index (χ3v) is 9.39. The monoisotopic (exact) mass is 467 g/mol. The number of carboxylic acids is 1. The third-order valence-electron chi connectivity index (χ3n) is 4.49. The van der Waals surface area contributed by atoms with E-state index in [-0.39, 0.29) is 6.54 Å². The molecule has 0 fully saturated rings. The molecule has 0 aliphatic rings. The van der Waals surface area contributed by atoms with Crippen molar-refractivity contribution in [2.75, 3.05) is 18.5 Å². The van der Waals surface area contributed by atoms with E-state index in [1.807, 2.05) is 30.3 Å². The van der Waals surface area contributed by atoms with Crippen LogP contribution in [0.4, 0.5) is 5.00 Å². The summed E-state index contributed by atoms with van der Waals surface area (Å²) in [5.74, 6) is -0.843. The quantitative estimate of drug-likeness (QED) is 0.291. The number of fused-ring (bicyclic) bond motifs is 4. The fourth-order valence-corrected chi connectivity index (χ4v) is 7.99. The van der Waals surface area contributed by atoms with Crippen LogP contribution >= 0.6 is 45.3 Å². The lowest BCUT2D eigenvalue weighted by molar-refractivity contribution is -0.135. The molecule has 0 bridgehead atoms. The highest BCUT2D eigenvalue weighted by molar-refractivity contribution is 7.39. The van der Waals surface area contributed by atoms with Gasteiger partial charge in [-0.1, -0.05) is 12.1 Å². The fourth-order valence-electron chi connectivity index (χ4n) is 3.14. The summed E-state index contributed by atoms with van der Waals surface area (Å²) in [6.45, 7) is 7.61. The number of hydrogen-bond donors (Lipinski definition) is 1. The molecule has 1 N–H and O–H groups in total. The number of hydrogen-bond acceptors (Lipinski definition) is 7. The molecule has 0 aliphatic carbocycles. The molecule has 5 aromatic rings. The first-order valence-electron chi connectivity index (χ1n) is 8.86. The van der Waals surface area contributed by atoms with Crippen molar-refractivity contribution in [3.63, 3.8) is 0 Å². The van der Waals surface area contributed by atoms with Crippen molar-refractivity contribution in [2.45, 2.75) is 0 Å². The van der Waals surface area contributed by atoms with Gasteiger partial charge in [-0.05, 0) is 30.3 Å². The summed E-state index contributed by atoms with van der Waals surface area (Å²) in [7, 11) is 1.79. The highest BCUT2D eigenvalue weighted by Gasteiger charge is 2.16. The second kappa shape index (κ2) is 7.49. The van der Waals surface area contributed by atoms with E-state index in [1.54, 1.807) is 46.0 Å². The number of benzene rings is 1. The van der Waals surface area contributed by atoms with E-state index in [0.717, 1.165) is 25.1 Å². The molecule has 1 aromatic carbocycles. The molecule has 30 heavy (non-hydrogen) atoms. The Hall–Kier alpha value is -2.77. The van der Waals surface area contributed by atoms with E-state index in [9.17, 15) is 4.79 Å². The Labute approximate surface area is 187 Å². The summed E-state index contributed by atoms with van der Waals surface area (Å²) in [6, 6.07) is 12.1. The largest absolute Gasteiger partial charge is 0.480 e. The summed E-state index contributed by atoms with van der Waals surface area (Å²) >= 11 is 6.51. The number of aromatic nitrogens is 1. The highest BCUT2D eigenvalue weighted by Crippen LogP contribution is 2.46. The van der Waals surface area contributed by atoms with Gasteiger partial charge in [-0.2, -0.15) is 0 Å². The molecule has 5 nitrogen and oxygen atoms in total. The maximum Gasteiger partial charge on any atom is 0.323 e. The Balaban J connectivity index is 1.52. The van der Waals surface area contributed by atoms with E-state index in [1.165, 1.54) is 30.1 Å². The molecule has 0 radical (unpaired) electrons. The Morgan fingerprint density at radius 2 is 1.90 bits per heavy atom. The number of nitrogens with zero attached hydrogens (tertiary/aromatic N) is 3. The SMILES string of the molecule is [C-]#[N+]/C(=C\c1cc2sc3cc(N(C)CC(=O)O)sc3c2s1)c1nc2ccccc2s1. The summed E-state index contributed by atoms with van der Waals surface area (Å²) in [4.78, 5) is 22.1. The summed E-state index contributed by atoms with van der Waals surface area (Å²) in [6.07, 6.45) is 1.92. The summed E-state index contributed by atoms with van der Waals surface area (Å²) < 4.78 is 5.80. The van der Waals surface area contributed by atoms with Crippen LogP contribution < -0.4 is 4.90 Å². The number of para-hydroxylation sites is 1. The standard InChI is InChI=1S/C21H13N3O2S4/c1-22-13(21-23-12-5-3-4-6-14(12)29-21)7-11-8-15-19(27-11)20-16(28-15)9-17(30-20)24(2)10-18(25)26/h3-9H,10H2,2H3,(H,25,26)/b13-7-. The molecule has 5 rings (SSSR count). The summed E-state index contributed by atoms with van der Waals surface area (Å²) in [5, 5.41) is 10.7. The smallest absolute Gasteiger partial charge is 0.323 e. The van der Waals surface area contributed by atoms with Gasteiger partial charge in [-0.15, -0.1) is 45.3 Å². The maximum absolute atomic E-state index is 11.0. The molecule has 0 amide bonds. The van der Waals surface area contributed by atoms with Crippen molar-refractivity contribution in [1.29, 1.82) is 0 Å². The minimum atomic E-state index is -0.843. The van der Waals surface area contributed by atoms with Gasteiger partial charge in [-0.25, -0.2) is 9.83 Å². The number of carboxylic acid groups (broad SMARTS) is 1. The van der Waals surface area contributed by atoms with Crippen LogP contribution in [0.5, 0.6) is 0 Å². The molecule has 148 valence electrons. The van der Waals surface area contributed by atoms with E-state index in [0.29, 0.717) is 5.70 Å². The van der Waals surface area contributed by atoms with Crippen LogP contribution in [-0.4, -0.2) is 29.7 Å². The Morgan fingerprint density at radius 3 is 2.67 bits per heavy atom. The third kappa shape index (κ3) is 3.38.